The average Bonchev–Trinajstić information content (AvgIpc) is 2.09. The van der Waals surface area contributed by atoms with Gasteiger partial charge in [-0.2, -0.15) is 5.26 Å². The van der Waals surface area contributed by atoms with Crippen molar-refractivity contribution in [1.82, 2.24) is 0 Å². The van der Waals surface area contributed by atoms with Crippen molar-refractivity contribution in [3.8, 4) is 6.07 Å². The summed E-state index contributed by atoms with van der Waals surface area (Å²) in [6, 6.07) is 4.76. The monoisotopic (exact) mass is 210 g/mol. The van der Waals surface area contributed by atoms with E-state index in [4.69, 9.17) is 16.9 Å². The molecule has 0 aliphatic rings. The van der Waals surface area contributed by atoms with E-state index in [1.807, 2.05) is 6.07 Å². The van der Waals surface area contributed by atoms with Crippen LogP contribution in [-0.2, 0) is 6.42 Å². The Morgan fingerprint density at radius 1 is 1.64 bits per heavy atom. The smallest absolute Gasteiger partial charge is 0.258 e. The third-order valence-electron chi connectivity index (χ3n) is 1.83. The first-order valence-corrected chi connectivity index (χ1v) is 4.24. The zero-order valence-corrected chi connectivity index (χ0v) is 8.21. The van der Waals surface area contributed by atoms with Crippen molar-refractivity contribution in [2.45, 2.75) is 13.3 Å². The molecular formula is C9H7ClN2O2. The highest BCUT2D eigenvalue weighted by atomic mass is 35.5. The lowest BCUT2D eigenvalue weighted by Crippen LogP contribution is -1.94. The largest absolute Gasteiger partial charge is 0.272 e. The number of hydrogen-bond donors (Lipinski definition) is 0. The van der Waals surface area contributed by atoms with Crippen LogP contribution in [0.4, 0.5) is 5.69 Å². The lowest BCUT2D eigenvalue weighted by Gasteiger charge is -2.02. The van der Waals surface area contributed by atoms with E-state index >= 15 is 0 Å². The number of nitro benzene ring substituents is 1. The summed E-state index contributed by atoms with van der Waals surface area (Å²) in [6.07, 6.45) is 0.0833. The number of nitriles is 1. The van der Waals surface area contributed by atoms with Gasteiger partial charge in [-0.3, -0.25) is 10.1 Å². The first-order chi connectivity index (χ1) is 6.56. The summed E-state index contributed by atoms with van der Waals surface area (Å²) < 4.78 is 0. The molecule has 0 amide bonds. The first kappa shape index (κ1) is 10.5. The average molecular weight is 211 g/mol. The second kappa shape index (κ2) is 4.07. The van der Waals surface area contributed by atoms with Crippen LogP contribution in [0.1, 0.15) is 11.1 Å². The summed E-state index contributed by atoms with van der Waals surface area (Å²) in [6.45, 7) is 1.61. The minimum Gasteiger partial charge on any atom is -0.258 e. The van der Waals surface area contributed by atoms with Gasteiger partial charge in [-0.05, 0) is 18.6 Å². The Kier molecular flexibility index (Phi) is 3.05. The molecule has 72 valence electrons. The topological polar surface area (TPSA) is 66.9 Å². The minimum absolute atomic E-state index is 0.000324. The van der Waals surface area contributed by atoms with Gasteiger partial charge in [0.05, 0.1) is 17.4 Å². The molecule has 0 N–H and O–H groups in total. The Morgan fingerprint density at radius 2 is 2.29 bits per heavy atom. The molecule has 0 saturated carbocycles. The number of aryl methyl sites for hydroxylation is 1. The molecule has 0 bridgehead atoms. The highest BCUT2D eigenvalue weighted by Crippen LogP contribution is 2.26. The van der Waals surface area contributed by atoms with Crippen molar-refractivity contribution in [1.29, 1.82) is 5.26 Å². The van der Waals surface area contributed by atoms with E-state index in [2.05, 4.69) is 0 Å². The Labute approximate surface area is 85.9 Å². The number of benzene rings is 1. The maximum absolute atomic E-state index is 10.6. The van der Waals surface area contributed by atoms with Gasteiger partial charge in [0.2, 0.25) is 0 Å². The second-order valence-electron chi connectivity index (χ2n) is 2.82. The summed E-state index contributed by atoms with van der Waals surface area (Å²) in [5, 5.41) is 19.4. The number of nitro groups is 1. The van der Waals surface area contributed by atoms with Gasteiger partial charge >= 0.3 is 0 Å². The number of hydrogen-bond acceptors (Lipinski definition) is 3. The SMILES string of the molecule is Cc1cc(Cl)c(CC#N)cc1[N+](=O)[O-]. The second-order valence-corrected chi connectivity index (χ2v) is 3.23. The molecule has 0 aliphatic carbocycles. The molecule has 0 fully saturated rings. The molecule has 0 aromatic heterocycles. The summed E-state index contributed by atoms with van der Waals surface area (Å²) in [7, 11) is 0. The van der Waals surface area contributed by atoms with Crippen molar-refractivity contribution in [3.05, 3.63) is 38.4 Å². The molecule has 1 aromatic rings. The standard InChI is InChI=1S/C9H7ClN2O2/c1-6-4-8(10)7(2-3-11)5-9(6)12(13)14/h4-5H,2H2,1H3. The van der Waals surface area contributed by atoms with Crippen LogP contribution in [0.25, 0.3) is 0 Å². The van der Waals surface area contributed by atoms with Gasteiger partial charge in [0.15, 0.2) is 0 Å². The molecule has 4 nitrogen and oxygen atoms in total. The van der Waals surface area contributed by atoms with Crippen molar-refractivity contribution >= 4 is 17.3 Å². The lowest BCUT2D eigenvalue weighted by atomic mass is 10.1. The normalized spacial score (nSPS) is 9.50. The Bertz CT molecular complexity index is 424. The van der Waals surface area contributed by atoms with Crippen LogP contribution in [0.5, 0.6) is 0 Å². The van der Waals surface area contributed by atoms with Crippen molar-refractivity contribution < 1.29 is 4.92 Å². The molecule has 1 aromatic carbocycles. The predicted octanol–water partition coefficient (Wildman–Crippen LogP) is 2.62. The van der Waals surface area contributed by atoms with Crippen LogP contribution >= 0.6 is 11.6 Å². The van der Waals surface area contributed by atoms with Gasteiger partial charge in [0, 0.05) is 16.7 Å². The molecule has 5 heteroatoms. The number of halogens is 1. The van der Waals surface area contributed by atoms with Crippen molar-refractivity contribution in [2.24, 2.45) is 0 Å². The number of nitrogens with zero attached hydrogens (tertiary/aromatic N) is 2. The van der Waals surface area contributed by atoms with E-state index in [0.717, 1.165) is 0 Å². The van der Waals surface area contributed by atoms with E-state index in [1.54, 1.807) is 6.92 Å². The zero-order chi connectivity index (χ0) is 10.7. The van der Waals surface area contributed by atoms with Crippen LogP contribution in [0, 0.1) is 28.4 Å². The lowest BCUT2D eigenvalue weighted by molar-refractivity contribution is -0.385. The van der Waals surface area contributed by atoms with E-state index in [1.165, 1.54) is 12.1 Å². The van der Waals surface area contributed by atoms with Crippen LogP contribution in [0.2, 0.25) is 5.02 Å². The van der Waals surface area contributed by atoms with Crippen molar-refractivity contribution in [3.63, 3.8) is 0 Å². The van der Waals surface area contributed by atoms with E-state index < -0.39 is 4.92 Å². The molecule has 0 spiro atoms. The molecule has 0 unspecified atom stereocenters. The quantitative estimate of drug-likeness (QED) is 0.557. The van der Waals surface area contributed by atoms with Crippen LogP contribution in [0.15, 0.2) is 12.1 Å². The third-order valence-corrected chi connectivity index (χ3v) is 2.18. The van der Waals surface area contributed by atoms with E-state index in [0.29, 0.717) is 16.1 Å². The fourth-order valence-electron chi connectivity index (χ4n) is 1.12. The molecule has 1 rings (SSSR count). The molecule has 0 saturated heterocycles. The molecule has 0 atom stereocenters. The highest BCUT2D eigenvalue weighted by molar-refractivity contribution is 6.31. The number of rotatable bonds is 2. The van der Waals surface area contributed by atoms with E-state index in [9.17, 15) is 10.1 Å². The third kappa shape index (κ3) is 2.01. The van der Waals surface area contributed by atoms with Crippen LogP contribution in [-0.4, -0.2) is 4.92 Å². The predicted molar refractivity (Wildman–Crippen MR) is 52.2 cm³/mol. The summed E-state index contributed by atoms with van der Waals surface area (Å²) in [4.78, 5) is 10.1. The molecule has 14 heavy (non-hydrogen) atoms. The van der Waals surface area contributed by atoms with Gasteiger partial charge in [0.1, 0.15) is 0 Å². The molecule has 0 radical (unpaired) electrons. The summed E-state index contributed by atoms with van der Waals surface area (Å²) >= 11 is 5.81. The van der Waals surface area contributed by atoms with Crippen LogP contribution in [0.3, 0.4) is 0 Å². The Morgan fingerprint density at radius 3 is 2.79 bits per heavy atom. The van der Waals surface area contributed by atoms with Gasteiger partial charge in [-0.15, -0.1) is 0 Å². The van der Waals surface area contributed by atoms with E-state index in [-0.39, 0.29) is 12.1 Å². The van der Waals surface area contributed by atoms with Crippen LogP contribution < -0.4 is 0 Å². The maximum atomic E-state index is 10.6. The van der Waals surface area contributed by atoms with Gasteiger partial charge in [-0.25, -0.2) is 0 Å². The fourth-order valence-corrected chi connectivity index (χ4v) is 1.41. The minimum atomic E-state index is -0.480. The Hall–Kier alpha value is -1.60. The highest BCUT2D eigenvalue weighted by Gasteiger charge is 2.13. The first-order valence-electron chi connectivity index (χ1n) is 3.86. The van der Waals surface area contributed by atoms with Gasteiger partial charge < -0.3 is 0 Å². The summed E-state index contributed by atoms with van der Waals surface area (Å²) in [5.74, 6) is 0. The molecule has 0 heterocycles. The zero-order valence-electron chi connectivity index (χ0n) is 7.45. The molecular weight excluding hydrogens is 204 g/mol. The Balaban J connectivity index is 3.28. The fraction of sp³-hybridized carbons (Fsp3) is 0.222. The molecule has 0 aliphatic heterocycles. The summed E-state index contributed by atoms with van der Waals surface area (Å²) in [5.41, 5.74) is 0.993. The maximum Gasteiger partial charge on any atom is 0.272 e. The van der Waals surface area contributed by atoms with Gasteiger partial charge in [0.25, 0.3) is 5.69 Å². The van der Waals surface area contributed by atoms with Gasteiger partial charge in [-0.1, -0.05) is 11.6 Å². The van der Waals surface area contributed by atoms with Crippen molar-refractivity contribution in [2.75, 3.05) is 0 Å².